The normalized spacial score (nSPS) is 11.6. The molecule has 2 nitrogen and oxygen atoms in total. The fraction of sp³-hybridized carbons (Fsp3) is 0. The van der Waals surface area contributed by atoms with E-state index in [1.54, 1.807) is 0 Å². The first-order valence-electron chi connectivity index (χ1n) is 19.2. The molecule has 0 saturated heterocycles. The van der Waals surface area contributed by atoms with Gasteiger partial charge in [0.25, 0.3) is 0 Å². The predicted octanol–water partition coefficient (Wildman–Crippen LogP) is 15.5. The molecule has 11 rings (SSSR count). The highest BCUT2D eigenvalue weighted by molar-refractivity contribution is 6.15. The topological polar surface area (TPSA) is 16.4 Å². The molecule has 262 valence electrons. The third kappa shape index (κ3) is 5.42. The molecule has 0 aliphatic carbocycles. The molecule has 56 heavy (non-hydrogen) atoms. The van der Waals surface area contributed by atoms with Crippen molar-refractivity contribution >= 4 is 71.1 Å². The van der Waals surface area contributed by atoms with E-state index in [2.05, 4.69) is 199 Å². The van der Waals surface area contributed by atoms with Crippen molar-refractivity contribution < 1.29 is 4.42 Å². The van der Waals surface area contributed by atoms with Gasteiger partial charge in [0.15, 0.2) is 0 Å². The van der Waals surface area contributed by atoms with Gasteiger partial charge in [-0.2, -0.15) is 0 Å². The van der Waals surface area contributed by atoms with E-state index >= 15 is 0 Å². The van der Waals surface area contributed by atoms with Crippen molar-refractivity contribution in [3.8, 4) is 33.6 Å². The second-order valence-electron chi connectivity index (χ2n) is 14.5. The number of rotatable bonds is 6. The number of anilines is 3. The Bertz CT molecular complexity index is 3210. The first-order chi connectivity index (χ1) is 27.7. The number of benzene rings is 10. The maximum Gasteiger partial charge on any atom is 0.135 e. The van der Waals surface area contributed by atoms with Crippen LogP contribution in [0.1, 0.15) is 0 Å². The molecule has 0 spiro atoms. The van der Waals surface area contributed by atoms with Crippen molar-refractivity contribution in [1.82, 2.24) is 0 Å². The lowest BCUT2D eigenvalue weighted by Crippen LogP contribution is -2.10. The van der Waals surface area contributed by atoms with E-state index in [1.807, 2.05) is 18.2 Å². The molecule has 11 aromatic rings. The van der Waals surface area contributed by atoms with Gasteiger partial charge < -0.3 is 9.32 Å². The third-order valence-corrected chi connectivity index (χ3v) is 11.2. The van der Waals surface area contributed by atoms with Gasteiger partial charge in [0.2, 0.25) is 0 Å². The van der Waals surface area contributed by atoms with Crippen LogP contribution in [0, 0.1) is 0 Å². The lowest BCUT2D eigenvalue weighted by atomic mass is 9.93. The van der Waals surface area contributed by atoms with Crippen molar-refractivity contribution in [2.45, 2.75) is 0 Å². The summed E-state index contributed by atoms with van der Waals surface area (Å²) in [4.78, 5) is 2.41. The SMILES string of the molecule is c1cc(-c2ccc(N(c3ccc(-c4cc5ccccc5c5ccccc45)cc3)c3cc4ccccc4c4ccccc34)cc2)cc(-c2cc3ccccc3o2)c1. The van der Waals surface area contributed by atoms with Gasteiger partial charge in [-0.05, 0) is 115 Å². The maximum absolute atomic E-state index is 6.23. The molecule has 1 heterocycles. The summed E-state index contributed by atoms with van der Waals surface area (Å²) < 4.78 is 6.23. The lowest BCUT2D eigenvalue weighted by Gasteiger charge is -2.28. The second-order valence-corrected chi connectivity index (χ2v) is 14.5. The number of fused-ring (bicyclic) bond motifs is 7. The lowest BCUT2D eigenvalue weighted by molar-refractivity contribution is 0.631. The van der Waals surface area contributed by atoms with Crippen LogP contribution in [-0.2, 0) is 0 Å². The zero-order valence-electron chi connectivity index (χ0n) is 30.6. The molecule has 0 unspecified atom stereocenters. The zero-order valence-corrected chi connectivity index (χ0v) is 30.6. The number of hydrogen-bond acceptors (Lipinski definition) is 2. The number of furan rings is 1. The number of nitrogens with zero attached hydrogens (tertiary/aromatic N) is 1. The Balaban J connectivity index is 1.04. The predicted molar refractivity (Wildman–Crippen MR) is 237 cm³/mol. The monoisotopic (exact) mass is 713 g/mol. The van der Waals surface area contributed by atoms with Gasteiger partial charge in [-0.25, -0.2) is 0 Å². The largest absolute Gasteiger partial charge is 0.456 e. The molecule has 0 atom stereocenters. The van der Waals surface area contributed by atoms with Gasteiger partial charge in [0.1, 0.15) is 11.3 Å². The third-order valence-electron chi connectivity index (χ3n) is 11.2. The van der Waals surface area contributed by atoms with Gasteiger partial charge in [0, 0.05) is 27.7 Å². The Morgan fingerprint density at radius 2 is 0.821 bits per heavy atom. The fourth-order valence-electron chi connectivity index (χ4n) is 8.51. The van der Waals surface area contributed by atoms with Crippen LogP contribution in [-0.4, -0.2) is 0 Å². The van der Waals surface area contributed by atoms with E-state index in [0.29, 0.717) is 0 Å². The highest BCUT2D eigenvalue weighted by atomic mass is 16.3. The first-order valence-corrected chi connectivity index (χ1v) is 19.2. The van der Waals surface area contributed by atoms with E-state index in [4.69, 9.17) is 4.42 Å². The van der Waals surface area contributed by atoms with Crippen molar-refractivity contribution in [2.75, 3.05) is 4.90 Å². The Labute approximate surface area is 325 Å². The molecule has 0 amide bonds. The van der Waals surface area contributed by atoms with Crippen LogP contribution in [0.4, 0.5) is 17.1 Å². The zero-order chi connectivity index (χ0) is 37.0. The van der Waals surface area contributed by atoms with E-state index in [9.17, 15) is 0 Å². The van der Waals surface area contributed by atoms with Crippen molar-refractivity contribution in [1.29, 1.82) is 0 Å². The quantitative estimate of drug-likeness (QED) is 0.160. The summed E-state index contributed by atoms with van der Waals surface area (Å²) in [6.45, 7) is 0. The molecule has 0 fully saturated rings. The minimum atomic E-state index is 0.874. The number of para-hydroxylation sites is 1. The molecule has 10 aromatic carbocycles. The number of hydrogen-bond donors (Lipinski definition) is 0. The first kappa shape index (κ1) is 32.0. The summed E-state index contributed by atoms with van der Waals surface area (Å²) in [6, 6.07) is 76.6. The molecule has 1 aromatic heterocycles. The summed E-state index contributed by atoms with van der Waals surface area (Å²) in [5.74, 6) is 0.874. The van der Waals surface area contributed by atoms with Gasteiger partial charge in [-0.1, -0.05) is 158 Å². The summed E-state index contributed by atoms with van der Waals surface area (Å²) >= 11 is 0. The smallest absolute Gasteiger partial charge is 0.135 e. The minimum absolute atomic E-state index is 0.874. The summed E-state index contributed by atoms with van der Waals surface area (Å²) in [5.41, 5.74) is 10.0. The summed E-state index contributed by atoms with van der Waals surface area (Å²) in [5, 5.41) is 11.1. The van der Waals surface area contributed by atoms with Crippen LogP contribution < -0.4 is 4.90 Å². The molecule has 0 saturated carbocycles. The molecule has 0 N–H and O–H groups in total. The van der Waals surface area contributed by atoms with E-state index in [-0.39, 0.29) is 0 Å². The standard InChI is InChI=1S/C54H35NO/c1-4-17-45-39(12-1)33-51(49-21-7-6-19-47(45)49)37-26-30-44(31-27-37)55(52-34-40-13-2-5-18-46(40)48-20-8-9-22-50(48)52)43-28-24-36(25-29-43)38-15-11-16-41(32-38)54-35-42-14-3-10-23-53(42)56-54/h1-35H. The average molecular weight is 714 g/mol. The molecule has 0 aliphatic rings. The van der Waals surface area contributed by atoms with Crippen molar-refractivity contribution in [3.05, 3.63) is 212 Å². The van der Waals surface area contributed by atoms with Crippen LogP contribution in [0.5, 0.6) is 0 Å². The minimum Gasteiger partial charge on any atom is -0.456 e. The van der Waals surface area contributed by atoms with Gasteiger partial charge in [-0.15, -0.1) is 0 Å². The van der Waals surface area contributed by atoms with Crippen molar-refractivity contribution in [3.63, 3.8) is 0 Å². The Morgan fingerprint density at radius 3 is 1.50 bits per heavy atom. The van der Waals surface area contributed by atoms with Crippen LogP contribution in [0.3, 0.4) is 0 Å². The highest BCUT2D eigenvalue weighted by Crippen LogP contribution is 2.44. The van der Waals surface area contributed by atoms with Crippen LogP contribution in [0.2, 0.25) is 0 Å². The van der Waals surface area contributed by atoms with Gasteiger partial charge in [-0.3, -0.25) is 0 Å². The molecular formula is C54H35NO. The summed E-state index contributed by atoms with van der Waals surface area (Å²) in [6.07, 6.45) is 0. The van der Waals surface area contributed by atoms with E-state index in [0.717, 1.165) is 50.5 Å². The van der Waals surface area contributed by atoms with Gasteiger partial charge >= 0.3 is 0 Å². The Morgan fingerprint density at radius 1 is 0.304 bits per heavy atom. The van der Waals surface area contributed by atoms with Crippen LogP contribution in [0.15, 0.2) is 217 Å². The van der Waals surface area contributed by atoms with E-state index in [1.165, 1.54) is 54.2 Å². The van der Waals surface area contributed by atoms with Crippen molar-refractivity contribution in [2.24, 2.45) is 0 Å². The Hall–Kier alpha value is -7.42. The molecule has 0 bridgehead atoms. The molecule has 2 heteroatoms. The van der Waals surface area contributed by atoms with Gasteiger partial charge in [0.05, 0.1) is 5.69 Å². The average Bonchev–Trinajstić information content (AvgIpc) is 3.72. The molecular weight excluding hydrogens is 679 g/mol. The molecule has 0 aliphatic heterocycles. The second kappa shape index (κ2) is 13.2. The summed E-state index contributed by atoms with van der Waals surface area (Å²) in [7, 11) is 0. The highest BCUT2D eigenvalue weighted by Gasteiger charge is 2.19. The van der Waals surface area contributed by atoms with Crippen LogP contribution >= 0.6 is 0 Å². The van der Waals surface area contributed by atoms with E-state index < -0.39 is 0 Å². The Kier molecular flexibility index (Phi) is 7.53. The molecule has 0 radical (unpaired) electrons. The van der Waals surface area contributed by atoms with Crippen LogP contribution in [0.25, 0.3) is 87.6 Å². The maximum atomic E-state index is 6.23. The fourth-order valence-corrected chi connectivity index (χ4v) is 8.51.